The fraction of sp³-hybridized carbons (Fsp3) is 0.417. The molecule has 0 aliphatic carbocycles. The molecule has 98 valence electrons. The maximum Gasteiger partial charge on any atom is 0.292 e. The number of nitrogens with two attached hydrogens (primary N) is 1. The van der Waals surface area contributed by atoms with Gasteiger partial charge in [-0.3, -0.25) is 14.9 Å². The molecule has 0 heterocycles. The second-order valence-corrected chi connectivity index (χ2v) is 4.41. The molecule has 2 unspecified atom stereocenters. The summed E-state index contributed by atoms with van der Waals surface area (Å²) >= 11 is 0. The van der Waals surface area contributed by atoms with Gasteiger partial charge in [0.25, 0.3) is 5.69 Å². The topological polar surface area (TPSA) is 98.3 Å². The second kappa shape index (κ2) is 5.59. The average Bonchev–Trinajstić information content (AvgIpc) is 2.27. The van der Waals surface area contributed by atoms with Crippen LogP contribution in [-0.4, -0.2) is 16.9 Å². The molecule has 0 aromatic heterocycles. The van der Waals surface area contributed by atoms with Crippen molar-refractivity contribution in [3.63, 3.8) is 0 Å². The average molecular weight is 251 g/mol. The zero-order valence-corrected chi connectivity index (χ0v) is 10.6. The minimum atomic E-state index is -0.522. The van der Waals surface area contributed by atoms with Crippen molar-refractivity contribution in [2.24, 2.45) is 11.7 Å². The van der Waals surface area contributed by atoms with Crippen LogP contribution in [0.4, 0.5) is 11.4 Å². The summed E-state index contributed by atoms with van der Waals surface area (Å²) in [4.78, 5) is 22.2. The molecule has 1 amide bonds. The Kier molecular flexibility index (Phi) is 4.38. The SMILES string of the molecule is Cc1ccc([N+](=O)[O-])c(NC(=O)C(C)C(C)N)c1. The Morgan fingerprint density at radius 3 is 2.56 bits per heavy atom. The van der Waals surface area contributed by atoms with E-state index < -0.39 is 10.8 Å². The highest BCUT2D eigenvalue weighted by atomic mass is 16.6. The summed E-state index contributed by atoms with van der Waals surface area (Å²) in [6.45, 7) is 5.20. The molecule has 1 aromatic carbocycles. The van der Waals surface area contributed by atoms with Crippen molar-refractivity contribution in [3.8, 4) is 0 Å². The number of nitrogens with one attached hydrogen (secondary N) is 1. The van der Waals surface area contributed by atoms with Crippen LogP contribution in [0.5, 0.6) is 0 Å². The van der Waals surface area contributed by atoms with Gasteiger partial charge in [-0.1, -0.05) is 13.0 Å². The summed E-state index contributed by atoms with van der Waals surface area (Å²) < 4.78 is 0. The van der Waals surface area contributed by atoms with E-state index in [-0.39, 0.29) is 23.3 Å². The predicted molar refractivity (Wildman–Crippen MR) is 69.3 cm³/mol. The number of carbonyl (C=O) groups excluding carboxylic acids is 1. The minimum absolute atomic E-state index is 0.120. The Balaban J connectivity index is 2.99. The van der Waals surface area contributed by atoms with E-state index in [9.17, 15) is 14.9 Å². The second-order valence-electron chi connectivity index (χ2n) is 4.41. The van der Waals surface area contributed by atoms with Crippen LogP contribution in [0.25, 0.3) is 0 Å². The first kappa shape index (κ1) is 14.1. The van der Waals surface area contributed by atoms with E-state index in [0.717, 1.165) is 5.56 Å². The van der Waals surface area contributed by atoms with Crippen LogP contribution < -0.4 is 11.1 Å². The Bertz CT molecular complexity index is 472. The van der Waals surface area contributed by atoms with Crippen molar-refractivity contribution in [2.45, 2.75) is 26.8 Å². The van der Waals surface area contributed by atoms with E-state index >= 15 is 0 Å². The molecule has 0 bridgehead atoms. The fourth-order valence-corrected chi connectivity index (χ4v) is 1.39. The van der Waals surface area contributed by atoms with Gasteiger partial charge in [-0.25, -0.2) is 0 Å². The molecule has 18 heavy (non-hydrogen) atoms. The standard InChI is InChI=1S/C12H17N3O3/c1-7-4-5-11(15(17)18)10(6-7)14-12(16)8(2)9(3)13/h4-6,8-9H,13H2,1-3H3,(H,14,16). The molecular weight excluding hydrogens is 234 g/mol. The maximum absolute atomic E-state index is 11.8. The molecule has 0 fully saturated rings. The van der Waals surface area contributed by atoms with Crippen molar-refractivity contribution >= 4 is 17.3 Å². The molecule has 0 aliphatic rings. The first-order chi connectivity index (χ1) is 8.32. The van der Waals surface area contributed by atoms with E-state index in [4.69, 9.17) is 5.73 Å². The van der Waals surface area contributed by atoms with E-state index in [1.54, 1.807) is 32.9 Å². The highest BCUT2D eigenvalue weighted by Crippen LogP contribution is 2.25. The lowest BCUT2D eigenvalue weighted by molar-refractivity contribution is -0.383. The van der Waals surface area contributed by atoms with Crippen molar-refractivity contribution in [1.82, 2.24) is 0 Å². The largest absolute Gasteiger partial charge is 0.327 e. The van der Waals surface area contributed by atoms with Crippen LogP contribution in [0.1, 0.15) is 19.4 Å². The van der Waals surface area contributed by atoms with Gasteiger partial charge >= 0.3 is 0 Å². The fourth-order valence-electron chi connectivity index (χ4n) is 1.39. The normalized spacial score (nSPS) is 13.8. The van der Waals surface area contributed by atoms with E-state index in [2.05, 4.69) is 5.32 Å². The summed E-state index contributed by atoms with van der Waals surface area (Å²) in [7, 11) is 0. The molecule has 0 radical (unpaired) electrons. The molecule has 2 atom stereocenters. The molecule has 6 heteroatoms. The van der Waals surface area contributed by atoms with Crippen molar-refractivity contribution in [3.05, 3.63) is 33.9 Å². The predicted octanol–water partition coefficient (Wildman–Crippen LogP) is 1.83. The first-order valence-electron chi connectivity index (χ1n) is 5.64. The van der Waals surface area contributed by atoms with Crippen LogP contribution in [-0.2, 0) is 4.79 Å². The van der Waals surface area contributed by atoms with Gasteiger partial charge in [0.1, 0.15) is 5.69 Å². The Morgan fingerprint density at radius 1 is 1.44 bits per heavy atom. The number of nitrogens with zero attached hydrogens (tertiary/aromatic N) is 1. The first-order valence-corrected chi connectivity index (χ1v) is 5.64. The lowest BCUT2D eigenvalue weighted by atomic mass is 10.0. The number of nitro benzene ring substituents is 1. The molecule has 6 nitrogen and oxygen atoms in total. The van der Waals surface area contributed by atoms with Crippen molar-refractivity contribution in [2.75, 3.05) is 5.32 Å². The van der Waals surface area contributed by atoms with Crippen LogP contribution in [0.2, 0.25) is 0 Å². The number of hydrogen-bond acceptors (Lipinski definition) is 4. The number of carbonyl (C=O) groups is 1. The van der Waals surface area contributed by atoms with Gasteiger partial charge < -0.3 is 11.1 Å². The van der Waals surface area contributed by atoms with Gasteiger partial charge in [0.2, 0.25) is 5.91 Å². The monoisotopic (exact) mass is 251 g/mol. The van der Waals surface area contributed by atoms with E-state index in [1.807, 2.05) is 0 Å². The van der Waals surface area contributed by atoms with Gasteiger partial charge in [-0.15, -0.1) is 0 Å². The summed E-state index contributed by atoms with van der Waals surface area (Å²) in [5, 5.41) is 13.4. The molecule has 0 saturated carbocycles. The number of benzene rings is 1. The van der Waals surface area contributed by atoms with E-state index in [1.165, 1.54) is 6.07 Å². The number of nitro groups is 1. The van der Waals surface area contributed by atoms with Crippen LogP contribution >= 0.6 is 0 Å². The Hall–Kier alpha value is -1.95. The number of aryl methyl sites for hydroxylation is 1. The summed E-state index contributed by atoms with van der Waals surface area (Å²) in [5.74, 6) is -0.733. The van der Waals surface area contributed by atoms with Gasteiger partial charge in [-0.2, -0.15) is 0 Å². The van der Waals surface area contributed by atoms with Crippen LogP contribution in [0, 0.1) is 23.0 Å². The number of rotatable bonds is 4. The molecule has 0 aliphatic heterocycles. The van der Waals surface area contributed by atoms with E-state index in [0.29, 0.717) is 0 Å². The highest BCUT2D eigenvalue weighted by Gasteiger charge is 2.21. The van der Waals surface area contributed by atoms with Crippen LogP contribution in [0.3, 0.4) is 0 Å². The molecule has 3 N–H and O–H groups in total. The molecule has 0 saturated heterocycles. The smallest absolute Gasteiger partial charge is 0.292 e. The lowest BCUT2D eigenvalue weighted by Crippen LogP contribution is -2.34. The van der Waals surface area contributed by atoms with Gasteiger partial charge in [0.15, 0.2) is 0 Å². The van der Waals surface area contributed by atoms with Crippen LogP contribution in [0.15, 0.2) is 18.2 Å². The third-order valence-electron chi connectivity index (χ3n) is 2.81. The van der Waals surface area contributed by atoms with Gasteiger partial charge in [0, 0.05) is 12.1 Å². The Labute approximate surface area is 105 Å². The maximum atomic E-state index is 11.8. The molecule has 1 aromatic rings. The zero-order valence-electron chi connectivity index (χ0n) is 10.6. The summed E-state index contributed by atoms with van der Waals surface area (Å²) in [6.07, 6.45) is 0. The zero-order chi connectivity index (χ0) is 13.9. The number of anilines is 1. The highest BCUT2D eigenvalue weighted by molar-refractivity contribution is 5.94. The van der Waals surface area contributed by atoms with Crippen molar-refractivity contribution in [1.29, 1.82) is 0 Å². The molecular formula is C12H17N3O3. The summed E-state index contributed by atoms with van der Waals surface area (Å²) in [6, 6.07) is 4.27. The summed E-state index contributed by atoms with van der Waals surface area (Å²) in [5.41, 5.74) is 6.55. The molecule has 0 spiro atoms. The lowest BCUT2D eigenvalue weighted by Gasteiger charge is -2.15. The third kappa shape index (κ3) is 3.27. The molecule has 1 rings (SSSR count). The van der Waals surface area contributed by atoms with Crippen molar-refractivity contribution < 1.29 is 9.72 Å². The van der Waals surface area contributed by atoms with Gasteiger partial charge in [0.05, 0.1) is 10.8 Å². The Morgan fingerprint density at radius 2 is 2.06 bits per heavy atom. The number of hydrogen-bond donors (Lipinski definition) is 2. The minimum Gasteiger partial charge on any atom is -0.327 e. The third-order valence-corrected chi connectivity index (χ3v) is 2.81. The van der Waals surface area contributed by atoms with Gasteiger partial charge in [-0.05, 0) is 25.5 Å². The number of amides is 1. The quantitative estimate of drug-likeness (QED) is 0.630.